The van der Waals surface area contributed by atoms with Crippen molar-refractivity contribution in [2.75, 3.05) is 5.32 Å². The highest BCUT2D eigenvalue weighted by atomic mass is 19.1. The van der Waals surface area contributed by atoms with Gasteiger partial charge in [0.05, 0.1) is 16.9 Å². The summed E-state index contributed by atoms with van der Waals surface area (Å²) in [4.78, 5) is 16.4. The summed E-state index contributed by atoms with van der Waals surface area (Å²) in [7, 11) is 0. The molecule has 4 rings (SSSR count). The molecule has 0 radical (unpaired) electrons. The number of carbonyl (C=O) groups is 1. The van der Waals surface area contributed by atoms with Gasteiger partial charge in [-0.05, 0) is 41.5 Å². The van der Waals surface area contributed by atoms with Crippen molar-refractivity contribution in [3.8, 4) is 0 Å². The molecule has 0 fully saturated rings. The Bertz CT molecular complexity index is 1220. The minimum atomic E-state index is -0.990. The van der Waals surface area contributed by atoms with E-state index in [0.29, 0.717) is 22.2 Å². The third-order valence-corrected chi connectivity index (χ3v) is 4.57. The smallest absolute Gasteiger partial charge is 0.246 e. The lowest BCUT2D eigenvalue weighted by Gasteiger charge is -2.13. The van der Waals surface area contributed by atoms with E-state index in [-0.39, 0.29) is 11.5 Å². The predicted octanol–water partition coefficient (Wildman–Crippen LogP) is 4.05. The number of rotatable bonds is 5. The number of H-pyrrole nitrogens is 1. The first-order chi connectivity index (χ1) is 14.5. The first kappa shape index (κ1) is 19.4. The molecule has 0 bridgehead atoms. The van der Waals surface area contributed by atoms with Gasteiger partial charge in [0.1, 0.15) is 17.7 Å². The highest BCUT2D eigenvalue weighted by Gasteiger charge is 2.18. The van der Waals surface area contributed by atoms with Crippen molar-refractivity contribution in [2.24, 2.45) is 5.73 Å². The molecule has 30 heavy (non-hydrogen) atoms. The molecule has 0 aliphatic carbocycles. The second-order valence-corrected chi connectivity index (χ2v) is 6.62. The molecule has 0 spiro atoms. The maximum absolute atomic E-state index is 14.5. The first-order valence-corrected chi connectivity index (χ1v) is 9.09. The maximum atomic E-state index is 14.5. The Kier molecular flexibility index (Phi) is 5.32. The number of aromatic nitrogens is 3. The number of pyridine rings is 1. The van der Waals surface area contributed by atoms with Crippen LogP contribution in [0.3, 0.4) is 0 Å². The average Bonchev–Trinajstić information content (AvgIpc) is 3.15. The minimum Gasteiger partial charge on any atom is -0.322 e. The van der Waals surface area contributed by atoms with Gasteiger partial charge in [0, 0.05) is 23.8 Å². The number of benzene rings is 2. The van der Waals surface area contributed by atoms with E-state index in [1.165, 1.54) is 30.5 Å². The Hall–Kier alpha value is -3.91. The number of fused-ring (bicyclic) bond motifs is 1. The number of hydrogen-bond acceptors (Lipinski definition) is 4. The Balaban J connectivity index is 1.60. The molecule has 0 aliphatic rings. The average molecular weight is 405 g/mol. The summed E-state index contributed by atoms with van der Waals surface area (Å²) < 4.78 is 27.5. The second kappa shape index (κ2) is 8.22. The number of nitrogens with zero attached hydrogens (tertiary/aromatic N) is 2. The molecule has 2 aromatic carbocycles. The van der Waals surface area contributed by atoms with E-state index >= 15 is 0 Å². The molecule has 2 aromatic heterocycles. The van der Waals surface area contributed by atoms with Crippen LogP contribution in [0.25, 0.3) is 23.1 Å². The van der Waals surface area contributed by atoms with Gasteiger partial charge in [-0.1, -0.05) is 24.3 Å². The number of amides is 1. The number of carbonyl (C=O) groups excluding carboxylic acids is 1. The van der Waals surface area contributed by atoms with Crippen molar-refractivity contribution in [3.63, 3.8) is 0 Å². The van der Waals surface area contributed by atoms with Gasteiger partial charge in [-0.15, -0.1) is 0 Å². The monoisotopic (exact) mass is 405 g/mol. The van der Waals surface area contributed by atoms with Gasteiger partial charge in [0.15, 0.2) is 0 Å². The van der Waals surface area contributed by atoms with Gasteiger partial charge in [0.25, 0.3) is 0 Å². The fourth-order valence-corrected chi connectivity index (χ4v) is 2.95. The van der Waals surface area contributed by atoms with Crippen LogP contribution in [0.4, 0.5) is 14.5 Å². The standard InChI is InChI=1S/C22H17F2N5O/c23-15-6-3-13(4-7-15)5-8-18-16-10-20(17(24)11-19(16)29-28-18)27-22(30)21(25)14-2-1-9-26-12-14/h1-12,21H,25H2,(H,27,30)(H,28,29). The summed E-state index contributed by atoms with van der Waals surface area (Å²) in [6.07, 6.45) is 6.53. The molecule has 150 valence electrons. The largest absolute Gasteiger partial charge is 0.322 e. The van der Waals surface area contributed by atoms with Gasteiger partial charge in [-0.2, -0.15) is 5.10 Å². The van der Waals surface area contributed by atoms with Crippen LogP contribution < -0.4 is 11.1 Å². The molecule has 1 amide bonds. The quantitative estimate of drug-likeness (QED) is 0.467. The van der Waals surface area contributed by atoms with E-state index in [9.17, 15) is 13.6 Å². The number of hydrogen-bond donors (Lipinski definition) is 3. The van der Waals surface area contributed by atoms with E-state index < -0.39 is 17.8 Å². The molecule has 6 nitrogen and oxygen atoms in total. The summed E-state index contributed by atoms with van der Waals surface area (Å²) in [6, 6.07) is 11.1. The van der Waals surface area contributed by atoms with E-state index in [2.05, 4.69) is 20.5 Å². The van der Waals surface area contributed by atoms with E-state index in [4.69, 9.17) is 5.73 Å². The lowest BCUT2D eigenvalue weighted by Crippen LogP contribution is -2.28. The van der Waals surface area contributed by atoms with Gasteiger partial charge < -0.3 is 11.1 Å². The van der Waals surface area contributed by atoms with Gasteiger partial charge in [-0.3, -0.25) is 14.9 Å². The van der Waals surface area contributed by atoms with Gasteiger partial charge >= 0.3 is 0 Å². The predicted molar refractivity (Wildman–Crippen MR) is 111 cm³/mol. The van der Waals surface area contributed by atoms with Crippen LogP contribution in [-0.4, -0.2) is 21.1 Å². The molecular formula is C22H17F2N5O. The molecule has 8 heteroatoms. The topological polar surface area (TPSA) is 96.7 Å². The van der Waals surface area contributed by atoms with Crippen LogP contribution in [0, 0.1) is 11.6 Å². The van der Waals surface area contributed by atoms with E-state index in [1.54, 1.807) is 42.6 Å². The van der Waals surface area contributed by atoms with Crippen LogP contribution in [0.1, 0.15) is 22.9 Å². The Morgan fingerprint density at radius 3 is 2.67 bits per heavy atom. The molecule has 0 aliphatic heterocycles. The Morgan fingerprint density at radius 2 is 1.93 bits per heavy atom. The number of nitrogens with one attached hydrogen (secondary N) is 2. The molecule has 4 N–H and O–H groups in total. The van der Waals surface area contributed by atoms with Crippen molar-refractivity contribution in [1.82, 2.24) is 15.2 Å². The zero-order chi connectivity index (χ0) is 21.1. The molecule has 1 unspecified atom stereocenters. The number of aromatic amines is 1. The Morgan fingerprint density at radius 1 is 1.13 bits per heavy atom. The van der Waals surface area contributed by atoms with Crippen LogP contribution >= 0.6 is 0 Å². The minimum absolute atomic E-state index is 0.00956. The fourth-order valence-electron chi connectivity index (χ4n) is 2.95. The second-order valence-electron chi connectivity index (χ2n) is 6.62. The Labute approximate surface area is 170 Å². The summed E-state index contributed by atoms with van der Waals surface area (Å²) in [6.45, 7) is 0. The molecule has 0 saturated heterocycles. The maximum Gasteiger partial charge on any atom is 0.246 e. The fraction of sp³-hybridized carbons (Fsp3) is 0.0455. The molecule has 1 atom stereocenters. The SMILES string of the molecule is NC(C(=O)Nc1cc2c(C=Cc3ccc(F)cc3)n[nH]c2cc1F)c1cccnc1. The van der Waals surface area contributed by atoms with Crippen LogP contribution in [0.2, 0.25) is 0 Å². The number of nitrogens with two attached hydrogens (primary N) is 1. The van der Waals surface area contributed by atoms with Crippen LogP contribution in [0.5, 0.6) is 0 Å². The third kappa shape index (κ3) is 4.08. The van der Waals surface area contributed by atoms with Gasteiger partial charge in [0.2, 0.25) is 5.91 Å². The normalized spacial score (nSPS) is 12.4. The van der Waals surface area contributed by atoms with Crippen molar-refractivity contribution < 1.29 is 13.6 Å². The lowest BCUT2D eigenvalue weighted by molar-refractivity contribution is -0.117. The number of anilines is 1. The molecular weight excluding hydrogens is 388 g/mol. The van der Waals surface area contributed by atoms with Crippen molar-refractivity contribution in [1.29, 1.82) is 0 Å². The van der Waals surface area contributed by atoms with Crippen molar-refractivity contribution >= 4 is 34.6 Å². The summed E-state index contributed by atoms with van der Waals surface area (Å²) in [5, 5.41) is 10.1. The van der Waals surface area contributed by atoms with E-state index in [1.807, 2.05) is 0 Å². The summed E-state index contributed by atoms with van der Waals surface area (Å²) in [5.74, 6) is -1.50. The van der Waals surface area contributed by atoms with Gasteiger partial charge in [-0.25, -0.2) is 8.78 Å². The highest BCUT2D eigenvalue weighted by Crippen LogP contribution is 2.26. The molecule has 4 aromatic rings. The molecule has 2 heterocycles. The van der Waals surface area contributed by atoms with Crippen LogP contribution in [-0.2, 0) is 4.79 Å². The third-order valence-electron chi connectivity index (χ3n) is 4.57. The lowest BCUT2D eigenvalue weighted by atomic mass is 10.1. The van der Waals surface area contributed by atoms with Crippen molar-refractivity contribution in [2.45, 2.75) is 6.04 Å². The van der Waals surface area contributed by atoms with Crippen LogP contribution in [0.15, 0.2) is 60.9 Å². The number of halogens is 2. The summed E-state index contributed by atoms with van der Waals surface area (Å²) in [5.41, 5.74) is 8.26. The summed E-state index contributed by atoms with van der Waals surface area (Å²) >= 11 is 0. The zero-order valence-electron chi connectivity index (χ0n) is 15.6. The molecule has 0 saturated carbocycles. The zero-order valence-corrected chi connectivity index (χ0v) is 15.6. The van der Waals surface area contributed by atoms with Crippen molar-refractivity contribution in [3.05, 3.63) is 89.4 Å². The highest BCUT2D eigenvalue weighted by molar-refractivity contribution is 5.99. The van der Waals surface area contributed by atoms with E-state index in [0.717, 1.165) is 5.56 Å². The first-order valence-electron chi connectivity index (χ1n) is 9.09.